The molecule has 88 valence electrons. The highest BCUT2D eigenvalue weighted by atomic mass is 16.1. The van der Waals surface area contributed by atoms with E-state index in [1.54, 1.807) is 6.07 Å². The molecule has 0 heterocycles. The van der Waals surface area contributed by atoms with E-state index < -0.39 is 0 Å². The third kappa shape index (κ3) is 3.57. The van der Waals surface area contributed by atoms with Crippen molar-refractivity contribution in [1.29, 1.82) is 0 Å². The lowest BCUT2D eigenvalue weighted by atomic mass is 10.0. The van der Waals surface area contributed by atoms with E-state index in [4.69, 9.17) is 5.73 Å². The standard InChI is InChI=1S/C13H20N2O/c1-3-4-7-10(2)13(16)15-12-9-6-5-8-11(12)14/h5-6,8-10H,3-4,7,14H2,1-2H3,(H,15,16). The molecule has 0 radical (unpaired) electrons. The number of carbonyl (C=O) groups excluding carboxylic acids is 1. The van der Waals surface area contributed by atoms with Crippen molar-refractivity contribution in [2.45, 2.75) is 33.1 Å². The number of carbonyl (C=O) groups is 1. The number of nitrogen functional groups attached to an aromatic ring is 1. The average Bonchev–Trinajstić information content (AvgIpc) is 2.28. The van der Waals surface area contributed by atoms with E-state index in [1.807, 2.05) is 25.1 Å². The summed E-state index contributed by atoms with van der Waals surface area (Å²) >= 11 is 0. The van der Waals surface area contributed by atoms with E-state index in [-0.39, 0.29) is 11.8 Å². The Bertz CT molecular complexity index is 350. The largest absolute Gasteiger partial charge is 0.397 e. The van der Waals surface area contributed by atoms with Gasteiger partial charge >= 0.3 is 0 Å². The topological polar surface area (TPSA) is 55.1 Å². The fraction of sp³-hybridized carbons (Fsp3) is 0.462. The van der Waals surface area contributed by atoms with Crippen molar-refractivity contribution in [3.63, 3.8) is 0 Å². The van der Waals surface area contributed by atoms with E-state index in [1.165, 1.54) is 0 Å². The second-order valence-electron chi connectivity index (χ2n) is 4.12. The van der Waals surface area contributed by atoms with Crippen molar-refractivity contribution >= 4 is 17.3 Å². The van der Waals surface area contributed by atoms with Crippen LogP contribution >= 0.6 is 0 Å². The molecule has 0 saturated heterocycles. The monoisotopic (exact) mass is 220 g/mol. The van der Waals surface area contributed by atoms with E-state index in [2.05, 4.69) is 12.2 Å². The van der Waals surface area contributed by atoms with Crippen LogP contribution in [0, 0.1) is 5.92 Å². The number of nitrogens with one attached hydrogen (secondary N) is 1. The van der Waals surface area contributed by atoms with E-state index in [0.29, 0.717) is 11.4 Å². The molecule has 16 heavy (non-hydrogen) atoms. The molecule has 0 aliphatic carbocycles. The number of unbranched alkanes of at least 4 members (excludes halogenated alkanes) is 1. The normalized spacial score (nSPS) is 12.1. The third-order valence-electron chi connectivity index (χ3n) is 2.66. The maximum absolute atomic E-state index is 11.8. The Kier molecular flexibility index (Phi) is 4.83. The molecule has 0 aliphatic rings. The van der Waals surface area contributed by atoms with Gasteiger partial charge < -0.3 is 11.1 Å². The summed E-state index contributed by atoms with van der Waals surface area (Å²) in [6, 6.07) is 7.32. The van der Waals surface area contributed by atoms with Gasteiger partial charge in [-0.3, -0.25) is 4.79 Å². The molecular formula is C13H20N2O. The Hall–Kier alpha value is -1.51. The first-order valence-electron chi connectivity index (χ1n) is 5.80. The predicted molar refractivity (Wildman–Crippen MR) is 68.2 cm³/mol. The Morgan fingerprint density at radius 1 is 1.44 bits per heavy atom. The summed E-state index contributed by atoms with van der Waals surface area (Å²) in [6.45, 7) is 4.07. The minimum Gasteiger partial charge on any atom is -0.397 e. The van der Waals surface area contributed by atoms with Crippen molar-refractivity contribution in [1.82, 2.24) is 0 Å². The minimum absolute atomic E-state index is 0.0413. The smallest absolute Gasteiger partial charge is 0.227 e. The molecule has 1 aromatic carbocycles. The molecule has 0 aromatic heterocycles. The summed E-state index contributed by atoms with van der Waals surface area (Å²) in [7, 11) is 0. The highest BCUT2D eigenvalue weighted by molar-refractivity contribution is 5.95. The number of hydrogen-bond acceptors (Lipinski definition) is 2. The van der Waals surface area contributed by atoms with Crippen molar-refractivity contribution in [3.05, 3.63) is 24.3 Å². The Balaban J connectivity index is 2.54. The average molecular weight is 220 g/mol. The zero-order valence-corrected chi connectivity index (χ0v) is 9.99. The number of nitrogens with two attached hydrogens (primary N) is 1. The lowest BCUT2D eigenvalue weighted by Crippen LogP contribution is -2.20. The molecule has 1 rings (SSSR count). The number of rotatable bonds is 5. The Morgan fingerprint density at radius 3 is 2.75 bits per heavy atom. The summed E-state index contributed by atoms with van der Waals surface area (Å²) in [5.41, 5.74) is 7.07. The molecular weight excluding hydrogens is 200 g/mol. The van der Waals surface area contributed by atoms with Crippen LogP contribution in [0.2, 0.25) is 0 Å². The minimum atomic E-state index is 0.0413. The maximum Gasteiger partial charge on any atom is 0.227 e. The molecule has 0 fully saturated rings. The van der Waals surface area contributed by atoms with Gasteiger partial charge in [-0.25, -0.2) is 0 Å². The van der Waals surface area contributed by atoms with Crippen LogP contribution < -0.4 is 11.1 Å². The Morgan fingerprint density at radius 2 is 2.12 bits per heavy atom. The number of benzene rings is 1. The van der Waals surface area contributed by atoms with Gasteiger partial charge in [0.25, 0.3) is 0 Å². The molecule has 3 heteroatoms. The van der Waals surface area contributed by atoms with Crippen molar-refractivity contribution in [2.24, 2.45) is 5.92 Å². The van der Waals surface area contributed by atoms with Crippen LogP contribution in [0.25, 0.3) is 0 Å². The van der Waals surface area contributed by atoms with Gasteiger partial charge in [0.05, 0.1) is 11.4 Å². The molecule has 0 saturated carbocycles. The van der Waals surface area contributed by atoms with E-state index >= 15 is 0 Å². The molecule has 0 bridgehead atoms. The number of para-hydroxylation sites is 2. The molecule has 3 N–H and O–H groups in total. The van der Waals surface area contributed by atoms with Gasteiger partial charge in [0.1, 0.15) is 0 Å². The molecule has 0 aliphatic heterocycles. The van der Waals surface area contributed by atoms with Crippen LogP contribution in [0.4, 0.5) is 11.4 Å². The SMILES string of the molecule is CCCCC(C)C(=O)Nc1ccccc1N. The highest BCUT2D eigenvalue weighted by Crippen LogP contribution is 2.18. The van der Waals surface area contributed by atoms with Crippen molar-refractivity contribution in [2.75, 3.05) is 11.1 Å². The molecule has 3 nitrogen and oxygen atoms in total. The second-order valence-corrected chi connectivity index (χ2v) is 4.12. The predicted octanol–water partition coefficient (Wildman–Crippen LogP) is 3.03. The van der Waals surface area contributed by atoms with Crippen LogP contribution in [0.5, 0.6) is 0 Å². The lowest BCUT2D eigenvalue weighted by Gasteiger charge is -2.12. The molecule has 0 spiro atoms. The summed E-state index contributed by atoms with van der Waals surface area (Å²) in [5.74, 6) is 0.0888. The highest BCUT2D eigenvalue weighted by Gasteiger charge is 2.12. The van der Waals surface area contributed by atoms with Gasteiger partial charge in [-0.1, -0.05) is 38.8 Å². The number of anilines is 2. The van der Waals surface area contributed by atoms with Gasteiger partial charge in [0, 0.05) is 5.92 Å². The number of amides is 1. The van der Waals surface area contributed by atoms with Gasteiger partial charge in [0.2, 0.25) is 5.91 Å². The Labute approximate surface area is 97.0 Å². The first kappa shape index (κ1) is 12.6. The van der Waals surface area contributed by atoms with Crippen LogP contribution in [0.3, 0.4) is 0 Å². The van der Waals surface area contributed by atoms with Crippen LogP contribution in [0.1, 0.15) is 33.1 Å². The van der Waals surface area contributed by atoms with Gasteiger partial charge in [0.15, 0.2) is 0 Å². The van der Waals surface area contributed by atoms with E-state index in [9.17, 15) is 4.79 Å². The van der Waals surface area contributed by atoms with Gasteiger partial charge in [-0.2, -0.15) is 0 Å². The fourth-order valence-electron chi connectivity index (χ4n) is 1.51. The van der Waals surface area contributed by atoms with E-state index in [0.717, 1.165) is 19.3 Å². The molecule has 1 atom stereocenters. The van der Waals surface area contributed by atoms with Crippen molar-refractivity contribution < 1.29 is 4.79 Å². The van der Waals surface area contributed by atoms with Crippen LogP contribution in [-0.2, 0) is 4.79 Å². The zero-order chi connectivity index (χ0) is 12.0. The van der Waals surface area contributed by atoms with Crippen LogP contribution in [-0.4, -0.2) is 5.91 Å². The maximum atomic E-state index is 11.8. The first-order valence-corrected chi connectivity index (χ1v) is 5.80. The summed E-state index contributed by atoms with van der Waals surface area (Å²) in [6.07, 6.45) is 3.12. The lowest BCUT2D eigenvalue weighted by molar-refractivity contribution is -0.119. The summed E-state index contributed by atoms with van der Waals surface area (Å²) in [4.78, 5) is 11.8. The quantitative estimate of drug-likeness (QED) is 0.749. The van der Waals surface area contributed by atoms with Gasteiger partial charge in [-0.15, -0.1) is 0 Å². The fourth-order valence-corrected chi connectivity index (χ4v) is 1.51. The number of hydrogen-bond donors (Lipinski definition) is 2. The van der Waals surface area contributed by atoms with Crippen LogP contribution in [0.15, 0.2) is 24.3 Å². The van der Waals surface area contributed by atoms with Gasteiger partial charge in [-0.05, 0) is 18.6 Å². The first-order chi connectivity index (χ1) is 7.65. The third-order valence-corrected chi connectivity index (χ3v) is 2.66. The second kappa shape index (κ2) is 6.16. The molecule has 1 aromatic rings. The van der Waals surface area contributed by atoms with Crippen molar-refractivity contribution in [3.8, 4) is 0 Å². The molecule has 1 unspecified atom stereocenters. The summed E-state index contributed by atoms with van der Waals surface area (Å²) in [5, 5.41) is 2.85. The molecule has 1 amide bonds. The summed E-state index contributed by atoms with van der Waals surface area (Å²) < 4.78 is 0. The zero-order valence-electron chi connectivity index (χ0n) is 9.99.